The van der Waals surface area contributed by atoms with Crippen molar-refractivity contribution in [1.82, 2.24) is 15.5 Å². The second-order valence-electron chi connectivity index (χ2n) is 6.54. The molecule has 1 atom stereocenters. The number of carboxylic acid groups (broad SMARTS) is 1. The molecule has 1 spiro atoms. The van der Waals surface area contributed by atoms with Gasteiger partial charge in [-0.15, -0.1) is 5.10 Å². The largest absolute Gasteiger partial charge is 0.490 e. The number of anilines is 1. The quantitative estimate of drug-likeness (QED) is 0.781. The Hall–Kier alpha value is -2.39. The molecule has 1 aromatic rings. The van der Waals surface area contributed by atoms with Crippen LogP contribution in [0.4, 0.5) is 19.0 Å². The molecule has 0 radical (unpaired) electrons. The molecule has 2 N–H and O–H groups in total. The fourth-order valence-corrected chi connectivity index (χ4v) is 3.20. The first-order valence-corrected chi connectivity index (χ1v) is 8.28. The molecule has 2 fully saturated rings. The summed E-state index contributed by atoms with van der Waals surface area (Å²) in [6.45, 7) is 3.79. The number of aryl methyl sites for hydroxylation is 1. The normalized spacial score (nSPS) is 23.1. The Morgan fingerprint density at radius 2 is 1.92 bits per heavy atom. The maximum atomic E-state index is 11.7. The molecule has 0 saturated carbocycles. The van der Waals surface area contributed by atoms with Gasteiger partial charge in [-0.25, -0.2) is 4.79 Å². The minimum Gasteiger partial charge on any atom is -0.475 e. The van der Waals surface area contributed by atoms with Crippen molar-refractivity contribution in [1.29, 1.82) is 0 Å². The maximum Gasteiger partial charge on any atom is 0.490 e. The minimum absolute atomic E-state index is 0.0415. The molecule has 2 saturated heterocycles. The molecule has 144 valence electrons. The van der Waals surface area contributed by atoms with E-state index in [0.717, 1.165) is 50.3 Å². The number of halogens is 3. The van der Waals surface area contributed by atoms with Crippen LogP contribution in [0.2, 0.25) is 0 Å². The van der Waals surface area contributed by atoms with Crippen LogP contribution >= 0.6 is 0 Å². The Bertz CT molecular complexity index is 647. The summed E-state index contributed by atoms with van der Waals surface area (Å²) in [6.07, 6.45) is -0.162. The van der Waals surface area contributed by atoms with Crippen LogP contribution < -0.4 is 10.2 Å². The molecule has 10 heteroatoms. The summed E-state index contributed by atoms with van der Waals surface area (Å²) in [5.41, 5.74) is 0.890. The second kappa shape index (κ2) is 7.88. The average Bonchev–Trinajstić information content (AvgIpc) is 2.55. The molecule has 1 aromatic heterocycles. The first kappa shape index (κ1) is 19.9. The molecule has 0 aromatic carbocycles. The Morgan fingerprint density at radius 1 is 1.27 bits per heavy atom. The molecule has 3 heterocycles. The first-order chi connectivity index (χ1) is 12.1. The zero-order valence-corrected chi connectivity index (χ0v) is 14.3. The van der Waals surface area contributed by atoms with Crippen molar-refractivity contribution in [3.63, 3.8) is 0 Å². The highest BCUT2D eigenvalue weighted by molar-refractivity contribution is 5.77. The minimum atomic E-state index is -5.08. The molecule has 7 nitrogen and oxygen atoms in total. The molecule has 0 aliphatic carbocycles. The van der Waals surface area contributed by atoms with Gasteiger partial charge >= 0.3 is 12.1 Å². The van der Waals surface area contributed by atoms with Gasteiger partial charge < -0.3 is 15.3 Å². The number of nitrogens with zero attached hydrogens (tertiary/aromatic N) is 3. The number of alkyl halides is 3. The predicted molar refractivity (Wildman–Crippen MR) is 86.6 cm³/mol. The van der Waals surface area contributed by atoms with Crippen molar-refractivity contribution in [2.75, 3.05) is 18.0 Å². The van der Waals surface area contributed by atoms with Gasteiger partial charge in [-0.2, -0.15) is 18.3 Å². The van der Waals surface area contributed by atoms with Crippen molar-refractivity contribution in [3.05, 3.63) is 17.8 Å². The average molecular weight is 374 g/mol. The summed E-state index contributed by atoms with van der Waals surface area (Å²) >= 11 is 0. The molecular weight excluding hydrogens is 353 g/mol. The van der Waals surface area contributed by atoms with Crippen LogP contribution in [0, 0.1) is 6.92 Å². The zero-order valence-electron chi connectivity index (χ0n) is 14.3. The SMILES string of the molecule is Cc1ccc(N2CCCC3(CCCC(=O)N3)C2)nn1.O=C(O)C(F)(F)F. The smallest absolute Gasteiger partial charge is 0.475 e. The van der Waals surface area contributed by atoms with E-state index in [1.165, 1.54) is 0 Å². The molecule has 2 aliphatic rings. The Balaban J connectivity index is 0.000000298. The third kappa shape index (κ3) is 5.30. The van der Waals surface area contributed by atoms with Crippen LogP contribution in [0.3, 0.4) is 0 Å². The van der Waals surface area contributed by atoms with Crippen LogP contribution in [0.1, 0.15) is 37.8 Å². The van der Waals surface area contributed by atoms with Crippen LogP contribution in [0.15, 0.2) is 12.1 Å². The van der Waals surface area contributed by atoms with Gasteiger partial charge in [0.15, 0.2) is 5.82 Å². The third-order valence-electron chi connectivity index (χ3n) is 4.39. The number of hydrogen-bond donors (Lipinski definition) is 2. The summed E-state index contributed by atoms with van der Waals surface area (Å²) in [5, 5.41) is 18.7. The van der Waals surface area contributed by atoms with Gasteiger partial charge in [0.1, 0.15) is 0 Å². The summed E-state index contributed by atoms with van der Waals surface area (Å²) in [6, 6.07) is 4.01. The number of nitrogens with one attached hydrogen (secondary N) is 1. The van der Waals surface area contributed by atoms with E-state index >= 15 is 0 Å². The molecular formula is C16H21F3N4O3. The van der Waals surface area contributed by atoms with E-state index in [-0.39, 0.29) is 11.4 Å². The van der Waals surface area contributed by atoms with E-state index < -0.39 is 12.1 Å². The van der Waals surface area contributed by atoms with E-state index in [1.54, 1.807) is 0 Å². The van der Waals surface area contributed by atoms with Gasteiger partial charge in [0, 0.05) is 19.5 Å². The van der Waals surface area contributed by atoms with Gasteiger partial charge in [0.25, 0.3) is 0 Å². The third-order valence-corrected chi connectivity index (χ3v) is 4.39. The predicted octanol–water partition coefficient (Wildman–Crippen LogP) is 2.06. The Labute approximate surface area is 148 Å². The Kier molecular flexibility index (Phi) is 6.04. The molecule has 26 heavy (non-hydrogen) atoms. The van der Waals surface area contributed by atoms with E-state index in [0.29, 0.717) is 6.42 Å². The van der Waals surface area contributed by atoms with Gasteiger partial charge in [0.2, 0.25) is 5.91 Å². The first-order valence-electron chi connectivity index (χ1n) is 8.28. The fraction of sp³-hybridized carbons (Fsp3) is 0.625. The number of aromatic nitrogens is 2. The number of carbonyl (C=O) groups is 2. The van der Waals surface area contributed by atoms with Crippen LogP contribution in [-0.4, -0.2) is 52.0 Å². The van der Waals surface area contributed by atoms with Gasteiger partial charge in [-0.1, -0.05) is 0 Å². The van der Waals surface area contributed by atoms with Crippen molar-refractivity contribution in [2.45, 2.75) is 50.7 Å². The molecule has 3 rings (SSSR count). The molecule has 2 aliphatic heterocycles. The molecule has 0 bridgehead atoms. The van der Waals surface area contributed by atoms with Crippen molar-refractivity contribution in [3.8, 4) is 0 Å². The number of carbonyl (C=O) groups excluding carboxylic acids is 1. The van der Waals surface area contributed by atoms with Crippen molar-refractivity contribution in [2.24, 2.45) is 0 Å². The zero-order chi connectivity index (χ0) is 19.4. The number of piperidine rings is 2. The maximum absolute atomic E-state index is 11.7. The van der Waals surface area contributed by atoms with E-state index in [9.17, 15) is 18.0 Å². The second-order valence-corrected chi connectivity index (χ2v) is 6.54. The Morgan fingerprint density at radius 3 is 2.46 bits per heavy atom. The highest BCUT2D eigenvalue weighted by atomic mass is 19.4. The lowest BCUT2D eigenvalue weighted by atomic mass is 9.81. The molecule has 1 unspecified atom stereocenters. The number of amides is 1. The van der Waals surface area contributed by atoms with E-state index in [4.69, 9.17) is 9.90 Å². The summed E-state index contributed by atoms with van der Waals surface area (Å²) in [5.74, 6) is -1.64. The van der Waals surface area contributed by atoms with Crippen LogP contribution in [0.5, 0.6) is 0 Å². The van der Waals surface area contributed by atoms with Crippen LogP contribution in [-0.2, 0) is 9.59 Å². The van der Waals surface area contributed by atoms with Gasteiger partial charge in [0.05, 0.1) is 11.2 Å². The van der Waals surface area contributed by atoms with Gasteiger partial charge in [-0.05, 0) is 44.7 Å². The highest BCUT2D eigenvalue weighted by Gasteiger charge is 2.39. The summed E-state index contributed by atoms with van der Waals surface area (Å²) < 4.78 is 31.7. The highest BCUT2D eigenvalue weighted by Crippen LogP contribution is 2.31. The lowest BCUT2D eigenvalue weighted by Gasteiger charge is -2.45. The lowest BCUT2D eigenvalue weighted by Crippen LogP contribution is -2.60. The summed E-state index contributed by atoms with van der Waals surface area (Å²) in [7, 11) is 0. The monoisotopic (exact) mass is 374 g/mol. The molecule has 1 amide bonds. The van der Waals surface area contributed by atoms with Gasteiger partial charge in [-0.3, -0.25) is 4.79 Å². The summed E-state index contributed by atoms with van der Waals surface area (Å²) in [4.78, 5) is 22.8. The van der Waals surface area contributed by atoms with Crippen molar-refractivity contribution < 1.29 is 27.9 Å². The fourth-order valence-electron chi connectivity index (χ4n) is 3.20. The standard InChI is InChI=1S/C14H20N4O.C2HF3O2/c1-11-5-6-12(17-16-11)18-9-3-8-14(10-18)7-2-4-13(19)15-14;3-2(4,5)1(6)7/h5-6H,2-4,7-10H2,1H3,(H,15,19);(H,6,7). The van der Waals surface area contributed by atoms with E-state index in [1.807, 2.05) is 19.1 Å². The number of carboxylic acids is 1. The van der Waals surface area contributed by atoms with E-state index in [2.05, 4.69) is 20.4 Å². The topological polar surface area (TPSA) is 95.4 Å². The van der Waals surface area contributed by atoms with Crippen LogP contribution in [0.25, 0.3) is 0 Å². The number of rotatable bonds is 1. The lowest BCUT2D eigenvalue weighted by molar-refractivity contribution is -0.192. The van der Waals surface area contributed by atoms with Crippen molar-refractivity contribution >= 4 is 17.7 Å². The number of aliphatic carboxylic acids is 1. The number of hydrogen-bond acceptors (Lipinski definition) is 5.